The fourth-order valence-corrected chi connectivity index (χ4v) is 3.52. The molecule has 1 amide bonds. The number of likely N-dealkylation sites (tertiary alicyclic amines) is 1. The van der Waals surface area contributed by atoms with Crippen molar-refractivity contribution >= 4 is 5.91 Å². The van der Waals surface area contributed by atoms with Gasteiger partial charge in [-0.3, -0.25) is 9.69 Å². The molecule has 1 aliphatic heterocycles. The summed E-state index contributed by atoms with van der Waals surface area (Å²) in [6, 6.07) is 4.03. The third-order valence-corrected chi connectivity index (χ3v) is 4.94. The van der Waals surface area contributed by atoms with Crippen LogP contribution in [0.2, 0.25) is 0 Å². The van der Waals surface area contributed by atoms with Crippen LogP contribution in [0.5, 0.6) is 0 Å². The molecule has 1 atom stereocenters. The average Bonchev–Trinajstić information content (AvgIpc) is 2.56. The Morgan fingerprint density at radius 1 is 1.25 bits per heavy atom. The number of likely N-dealkylation sites (N-methyl/N-ethyl adjacent to an activating group) is 1. The molecule has 0 N–H and O–H groups in total. The monoisotopic (exact) mass is 338 g/mol. The van der Waals surface area contributed by atoms with E-state index in [1.807, 2.05) is 18.7 Å². The standard InChI is InChI=1S/C19H28F2N2O/c1-3-23(4-2)19(24)14-22-12-6-7-15(13-22)10-11-16-17(20)8-5-9-18(16)21/h5,8-9,15H,3-4,6-7,10-14H2,1-2H3. The molecule has 1 unspecified atom stereocenters. The summed E-state index contributed by atoms with van der Waals surface area (Å²) in [5.74, 6) is -0.359. The van der Waals surface area contributed by atoms with Crippen molar-refractivity contribution in [1.82, 2.24) is 9.80 Å². The molecular weight excluding hydrogens is 310 g/mol. The summed E-state index contributed by atoms with van der Waals surface area (Å²) >= 11 is 0. The number of amides is 1. The van der Waals surface area contributed by atoms with Crippen LogP contribution < -0.4 is 0 Å². The summed E-state index contributed by atoms with van der Waals surface area (Å²) in [5, 5.41) is 0. The van der Waals surface area contributed by atoms with Gasteiger partial charge in [-0.25, -0.2) is 8.78 Å². The van der Waals surface area contributed by atoms with Gasteiger partial charge < -0.3 is 4.90 Å². The number of piperidine rings is 1. The Morgan fingerprint density at radius 2 is 1.92 bits per heavy atom. The largest absolute Gasteiger partial charge is 0.342 e. The van der Waals surface area contributed by atoms with Crippen molar-refractivity contribution < 1.29 is 13.6 Å². The number of halogens is 2. The maximum absolute atomic E-state index is 13.7. The molecule has 3 nitrogen and oxygen atoms in total. The Labute approximate surface area is 143 Å². The summed E-state index contributed by atoms with van der Waals surface area (Å²) in [5.41, 5.74) is 0.189. The summed E-state index contributed by atoms with van der Waals surface area (Å²) in [7, 11) is 0. The second-order valence-corrected chi connectivity index (χ2v) is 6.55. The van der Waals surface area contributed by atoms with Gasteiger partial charge in [-0.1, -0.05) is 6.07 Å². The van der Waals surface area contributed by atoms with Crippen LogP contribution in [0, 0.1) is 17.6 Å². The van der Waals surface area contributed by atoms with E-state index in [2.05, 4.69) is 4.90 Å². The fraction of sp³-hybridized carbons (Fsp3) is 0.632. The first-order chi connectivity index (χ1) is 11.5. The van der Waals surface area contributed by atoms with Crippen molar-refractivity contribution in [2.75, 3.05) is 32.7 Å². The second-order valence-electron chi connectivity index (χ2n) is 6.55. The zero-order valence-corrected chi connectivity index (χ0v) is 14.7. The molecular formula is C19H28F2N2O. The molecule has 1 aromatic rings. The minimum atomic E-state index is -0.459. The summed E-state index contributed by atoms with van der Waals surface area (Å²) in [6.07, 6.45) is 3.27. The molecule has 24 heavy (non-hydrogen) atoms. The zero-order valence-electron chi connectivity index (χ0n) is 14.7. The molecule has 5 heteroatoms. The lowest BCUT2D eigenvalue weighted by atomic mass is 9.91. The Bertz CT molecular complexity index is 526. The van der Waals surface area contributed by atoms with Crippen LogP contribution >= 0.6 is 0 Å². The zero-order chi connectivity index (χ0) is 17.5. The molecule has 0 bridgehead atoms. The maximum Gasteiger partial charge on any atom is 0.236 e. The number of carbonyl (C=O) groups excluding carboxylic acids is 1. The molecule has 0 spiro atoms. The van der Waals surface area contributed by atoms with Crippen LogP contribution in [0.15, 0.2) is 18.2 Å². The van der Waals surface area contributed by atoms with Gasteiger partial charge in [-0.15, -0.1) is 0 Å². The molecule has 1 heterocycles. The van der Waals surface area contributed by atoms with Crippen molar-refractivity contribution in [3.8, 4) is 0 Å². The molecule has 1 aliphatic rings. The van der Waals surface area contributed by atoms with Gasteiger partial charge >= 0.3 is 0 Å². The Balaban J connectivity index is 1.86. The number of rotatable bonds is 7. The first-order valence-electron chi connectivity index (χ1n) is 8.98. The molecule has 1 fully saturated rings. The minimum absolute atomic E-state index is 0.167. The van der Waals surface area contributed by atoms with Crippen LogP contribution in [0.4, 0.5) is 8.78 Å². The molecule has 0 radical (unpaired) electrons. The lowest BCUT2D eigenvalue weighted by molar-refractivity contribution is -0.132. The van der Waals surface area contributed by atoms with Gasteiger partial charge in [-0.2, -0.15) is 0 Å². The average molecular weight is 338 g/mol. The number of carbonyl (C=O) groups is 1. The van der Waals surface area contributed by atoms with E-state index < -0.39 is 11.6 Å². The van der Waals surface area contributed by atoms with Gasteiger partial charge in [0.2, 0.25) is 5.91 Å². The van der Waals surface area contributed by atoms with E-state index >= 15 is 0 Å². The quantitative estimate of drug-likeness (QED) is 0.760. The van der Waals surface area contributed by atoms with Crippen molar-refractivity contribution in [2.45, 2.75) is 39.5 Å². The molecule has 134 valence electrons. The SMILES string of the molecule is CCN(CC)C(=O)CN1CCCC(CCc2c(F)cccc2F)C1. The number of nitrogens with zero attached hydrogens (tertiary/aromatic N) is 2. The third kappa shape index (κ3) is 5.00. The van der Waals surface area contributed by atoms with Gasteiger partial charge in [0.05, 0.1) is 6.54 Å². The highest BCUT2D eigenvalue weighted by molar-refractivity contribution is 5.78. The van der Waals surface area contributed by atoms with Gasteiger partial charge in [0.1, 0.15) is 11.6 Å². The Kier molecular flexibility index (Phi) is 7.16. The van der Waals surface area contributed by atoms with E-state index in [4.69, 9.17) is 0 Å². The van der Waals surface area contributed by atoms with E-state index in [0.717, 1.165) is 45.4 Å². The smallest absolute Gasteiger partial charge is 0.236 e. The lowest BCUT2D eigenvalue weighted by Gasteiger charge is -2.33. The fourth-order valence-electron chi connectivity index (χ4n) is 3.52. The lowest BCUT2D eigenvalue weighted by Crippen LogP contribution is -2.44. The maximum atomic E-state index is 13.7. The van der Waals surface area contributed by atoms with E-state index in [9.17, 15) is 13.6 Å². The van der Waals surface area contributed by atoms with Crippen molar-refractivity contribution in [2.24, 2.45) is 5.92 Å². The van der Waals surface area contributed by atoms with Gasteiger partial charge in [0.15, 0.2) is 0 Å². The van der Waals surface area contributed by atoms with Crippen LogP contribution in [-0.2, 0) is 11.2 Å². The summed E-state index contributed by atoms with van der Waals surface area (Å²) < 4.78 is 27.4. The third-order valence-electron chi connectivity index (χ3n) is 4.94. The first-order valence-corrected chi connectivity index (χ1v) is 8.98. The van der Waals surface area contributed by atoms with Gasteiger partial charge in [-0.05, 0) is 64.1 Å². The second kappa shape index (κ2) is 9.11. The minimum Gasteiger partial charge on any atom is -0.342 e. The molecule has 2 rings (SSSR count). The van der Waals surface area contributed by atoms with Crippen molar-refractivity contribution in [3.05, 3.63) is 35.4 Å². The predicted molar refractivity (Wildman–Crippen MR) is 91.8 cm³/mol. The normalized spacial score (nSPS) is 18.6. The van der Waals surface area contributed by atoms with Crippen LogP contribution in [-0.4, -0.2) is 48.4 Å². The highest BCUT2D eigenvalue weighted by atomic mass is 19.1. The molecule has 1 saturated heterocycles. The highest BCUT2D eigenvalue weighted by Crippen LogP contribution is 2.23. The Morgan fingerprint density at radius 3 is 2.54 bits per heavy atom. The topological polar surface area (TPSA) is 23.6 Å². The van der Waals surface area contributed by atoms with Gasteiger partial charge in [0, 0.05) is 25.2 Å². The summed E-state index contributed by atoms with van der Waals surface area (Å²) in [6.45, 7) is 7.66. The van der Waals surface area contributed by atoms with Crippen LogP contribution in [0.1, 0.15) is 38.7 Å². The van der Waals surface area contributed by atoms with E-state index in [1.54, 1.807) is 0 Å². The number of benzene rings is 1. The van der Waals surface area contributed by atoms with E-state index in [-0.39, 0.29) is 11.5 Å². The highest BCUT2D eigenvalue weighted by Gasteiger charge is 2.23. The predicted octanol–water partition coefficient (Wildman–Crippen LogP) is 3.48. The Hall–Kier alpha value is -1.49. The van der Waals surface area contributed by atoms with Crippen LogP contribution in [0.25, 0.3) is 0 Å². The van der Waals surface area contributed by atoms with E-state index in [1.165, 1.54) is 18.2 Å². The summed E-state index contributed by atoms with van der Waals surface area (Å²) in [4.78, 5) is 16.3. The number of hydrogen-bond acceptors (Lipinski definition) is 2. The van der Waals surface area contributed by atoms with Crippen LogP contribution in [0.3, 0.4) is 0 Å². The molecule has 0 saturated carbocycles. The van der Waals surface area contributed by atoms with Crippen molar-refractivity contribution in [3.63, 3.8) is 0 Å². The van der Waals surface area contributed by atoms with E-state index in [0.29, 0.717) is 18.9 Å². The first kappa shape index (κ1) is 18.8. The van der Waals surface area contributed by atoms with Gasteiger partial charge in [0.25, 0.3) is 0 Å². The number of hydrogen-bond donors (Lipinski definition) is 0. The molecule has 1 aromatic carbocycles. The molecule has 0 aromatic heterocycles. The van der Waals surface area contributed by atoms with Crippen molar-refractivity contribution in [1.29, 1.82) is 0 Å². The molecule has 0 aliphatic carbocycles.